The van der Waals surface area contributed by atoms with Crippen LogP contribution < -0.4 is 4.74 Å². The molecule has 0 saturated heterocycles. The average Bonchev–Trinajstić information content (AvgIpc) is 2.89. The highest BCUT2D eigenvalue weighted by molar-refractivity contribution is 6.01. The highest BCUT2D eigenvalue weighted by Crippen LogP contribution is 2.28. The van der Waals surface area contributed by atoms with Crippen molar-refractivity contribution in [2.24, 2.45) is 0 Å². The topological polar surface area (TPSA) is 46.6 Å². The number of ketones is 1. The van der Waals surface area contributed by atoms with Gasteiger partial charge >= 0.3 is 0 Å². The van der Waals surface area contributed by atoms with E-state index in [1.807, 2.05) is 24.3 Å². The van der Waals surface area contributed by atoms with Crippen molar-refractivity contribution in [1.29, 1.82) is 0 Å². The molecule has 124 valence electrons. The fraction of sp³-hybridized carbons (Fsp3) is 0.263. The van der Waals surface area contributed by atoms with Crippen molar-refractivity contribution in [3.05, 3.63) is 64.5 Å². The number of nitrogens with zero attached hydrogens (tertiary/aromatic N) is 1. The van der Waals surface area contributed by atoms with E-state index in [1.165, 1.54) is 12.1 Å². The van der Waals surface area contributed by atoms with Crippen molar-refractivity contribution >= 4 is 11.7 Å². The lowest BCUT2D eigenvalue weighted by atomic mass is 10.0. The third-order valence-corrected chi connectivity index (χ3v) is 4.23. The summed E-state index contributed by atoms with van der Waals surface area (Å²) in [5.74, 6) is -0.341. The molecule has 0 radical (unpaired) electrons. The maximum absolute atomic E-state index is 14.1. The minimum Gasteiger partial charge on any atom is -0.497 e. The van der Waals surface area contributed by atoms with Gasteiger partial charge in [0.25, 0.3) is 5.91 Å². The van der Waals surface area contributed by atoms with E-state index < -0.39 is 5.82 Å². The van der Waals surface area contributed by atoms with E-state index in [0.717, 1.165) is 11.3 Å². The first-order chi connectivity index (χ1) is 11.5. The molecule has 0 bridgehead atoms. The van der Waals surface area contributed by atoms with Crippen LogP contribution in [0.5, 0.6) is 5.75 Å². The second-order valence-corrected chi connectivity index (χ2v) is 5.78. The van der Waals surface area contributed by atoms with E-state index in [2.05, 4.69) is 0 Å². The van der Waals surface area contributed by atoms with Gasteiger partial charge in [0.2, 0.25) is 0 Å². The van der Waals surface area contributed by atoms with Gasteiger partial charge in [0, 0.05) is 25.1 Å². The number of rotatable bonds is 5. The summed E-state index contributed by atoms with van der Waals surface area (Å²) in [6, 6.07) is 10.2. The molecule has 0 aromatic heterocycles. The molecule has 0 N–H and O–H groups in total. The quantitative estimate of drug-likeness (QED) is 0.789. The molecule has 1 aliphatic rings. The Morgan fingerprint density at radius 1 is 1.25 bits per heavy atom. The summed E-state index contributed by atoms with van der Waals surface area (Å²) in [4.78, 5) is 25.9. The first kappa shape index (κ1) is 16.2. The van der Waals surface area contributed by atoms with E-state index in [-0.39, 0.29) is 23.7 Å². The predicted molar refractivity (Wildman–Crippen MR) is 87.6 cm³/mol. The van der Waals surface area contributed by atoms with Crippen LogP contribution in [-0.4, -0.2) is 23.7 Å². The lowest BCUT2D eigenvalue weighted by Gasteiger charge is -2.15. The third kappa shape index (κ3) is 2.89. The largest absolute Gasteiger partial charge is 0.497 e. The molecule has 5 heteroatoms. The molecule has 0 atom stereocenters. The Kier molecular flexibility index (Phi) is 4.34. The summed E-state index contributed by atoms with van der Waals surface area (Å²) in [7, 11) is 1.60. The van der Waals surface area contributed by atoms with Crippen molar-refractivity contribution in [1.82, 2.24) is 4.90 Å². The number of benzene rings is 2. The number of fused-ring (bicyclic) bond motifs is 1. The lowest BCUT2D eigenvalue weighted by molar-refractivity contribution is 0.0766. The number of methoxy groups -OCH3 is 1. The molecule has 24 heavy (non-hydrogen) atoms. The van der Waals surface area contributed by atoms with E-state index in [0.29, 0.717) is 24.2 Å². The second-order valence-electron chi connectivity index (χ2n) is 5.78. The SMILES string of the molecule is CCC(=O)c1cc2c(cc1F)C(=O)N(Cc1ccc(OC)cc1)C2. The van der Waals surface area contributed by atoms with Gasteiger partial charge in [0.1, 0.15) is 11.6 Å². The third-order valence-electron chi connectivity index (χ3n) is 4.23. The maximum Gasteiger partial charge on any atom is 0.254 e. The van der Waals surface area contributed by atoms with Gasteiger partial charge in [0.15, 0.2) is 5.78 Å². The summed E-state index contributed by atoms with van der Waals surface area (Å²) in [6.07, 6.45) is 0.235. The van der Waals surface area contributed by atoms with Crippen molar-refractivity contribution in [3.63, 3.8) is 0 Å². The zero-order valence-electron chi connectivity index (χ0n) is 13.6. The summed E-state index contributed by atoms with van der Waals surface area (Å²) in [6.45, 7) is 2.50. The van der Waals surface area contributed by atoms with Gasteiger partial charge in [-0.3, -0.25) is 9.59 Å². The number of carbonyl (C=O) groups excluding carboxylic acids is 2. The van der Waals surface area contributed by atoms with Crippen LogP contribution in [0, 0.1) is 5.82 Å². The summed E-state index contributed by atoms with van der Waals surface area (Å²) < 4.78 is 19.2. The standard InChI is InChI=1S/C19H18FNO3/c1-3-18(22)16-8-13-11-21(19(23)15(13)9-17(16)20)10-12-4-6-14(24-2)7-5-12/h4-9H,3,10-11H2,1-2H3. The monoisotopic (exact) mass is 327 g/mol. The first-order valence-corrected chi connectivity index (χ1v) is 7.81. The summed E-state index contributed by atoms with van der Waals surface area (Å²) in [5, 5.41) is 0. The molecular weight excluding hydrogens is 309 g/mol. The van der Waals surface area contributed by atoms with Gasteiger partial charge in [-0.15, -0.1) is 0 Å². The minimum atomic E-state index is -0.625. The molecule has 0 fully saturated rings. The molecule has 3 rings (SSSR count). The molecule has 1 heterocycles. The smallest absolute Gasteiger partial charge is 0.254 e. The maximum atomic E-state index is 14.1. The number of amides is 1. The molecule has 2 aromatic rings. The molecular formula is C19H18FNO3. The normalized spacial score (nSPS) is 13.1. The van der Waals surface area contributed by atoms with E-state index in [9.17, 15) is 14.0 Å². The number of carbonyl (C=O) groups is 2. The molecule has 1 amide bonds. The van der Waals surface area contributed by atoms with Crippen LogP contribution in [0.1, 0.15) is 45.2 Å². The van der Waals surface area contributed by atoms with Crippen LogP contribution in [0.3, 0.4) is 0 Å². The Morgan fingerprint density at radius 2 is 1.96 bits per heavy atom. The van der Waals surface area contributed by atoms with Crippen molar-refractivity contribution < 1.29 is 18.7 Å². The Balaban J connectivity index is 1.83. The first-order valence-electron chi connectivity index (χ1n) is 7.81. The van der Waals surface area contributed by atoms with E-state index in [1.54, 1.807) is 18.9 Å². The summed E-state index contributed by atoms with van der Waals surface area (Å²) in [5.41, 5.74) is 2.07. The van der Waals surface area contributed by atoms with Crippen LogP contribution in [0.2, 0.25) is 0 Å². The number of ether oxygens (including phenoxy) is 1. The Bertz CT molecular complexity index is 799. The fourth-order valence-corrected chi connectivity index (χ4v) is 2.88. The predicted octanol–water partition coefficient (Wildman–Crippen LogP) is 3.58. The van der Waals surface area contributed by atoms with E-state index >= 15 is 0 Å². The van der Waals surface area contributed by atoms with Gasteiger partial charge in [-0.05, 0) is 35.4 Å². The van der Waals surface area contributed by atoms with Crippen molar-refractivity contribution in [2.75, 3.05) is 7.11 Å². The fourth-order valence-electron chi connectivity index (χ4n) is 2.88. The Hall–Kier alpha value is -2.69. The van der Waals surface area contributed by atoms with Crippen molar-refractivity contribution in [3.8, 4) is 5.75 Å². The van der Waals surface area contributed by atoms with Gasteiger partial charge in [-0.1, -0.05) is 19.1 Å². The zero-order valence-corrected chi connectivity index (χ0v) is 13.6. The number of hydrogen-bond donors (Lipinski definition) is 0. The van der Waals surface area contributed by atoms with Gasteiger partial charge in [0.05, 0.1) is 12.7 Å². The molecule has 0 saturated carbocycles. The lowest BCUT2D eigenvalue weighted by Crippen LogP contribution is -2.23. The van der Waals surface area contributed by atoms with Gasteiger partial charge in [-0.25, -0.2) is 4.39 Å². The Labute approximate surface area is 139 Å². The average molecular weight is 327 g/mol. The number of hydrogen-bond acceptors (Lipinski definition) is 3. The molecule has 0 unspecified atom stereocenters. The van der Waals surface area contributed by atoms with Crippen LogP contribution in [0.4, 0.5) is 4.39 Å². The summed E-state index contributed by atoms with van der Waals surface area (Å²) >= 11 is 0. The van der Waals surface area contributed by atoms with Crippen LogP contribution >= 0.6 is 0 Å². The van der Waals surface area contributed by atoms with E-state index in [4.69, 9.17) is 4.74 Å². The molecule has 1 aliphatic heterocycles. The molecule has 0 spiro atoms. The second kappa shape index (κ2) is 6.43. The van der Waals surface area contributed by atoms with Crippen LogP contribution in [-0.2, 0) is 13.1 Å². The van der Waals surface area contributed by atoms with Gasteiger partial charge < -0.3 is 9.64 Å². The molecule has 4 nitrogen and oxygen atoms in total. The van der Waals surface area contributed by atoms with Gasteiger partial charge in [-0.2, -0.15) is 0 Å². The highest BCUT2D eigenvalue weighted by Gasteiger charge is 2.29. The Morgan fingerprint density at radius 3 is 2.58 bits per heavy atom. The number of halogens is 1. The van der Waals surface area contributed by atoms with Crippen molar-refractivity contribution in [2.45, 2.75) is 26.4 Å². The van der Waals surface area contributed by atoms with Crippen LogP contribution in [0.25, 0.3) is 0 Å². The molecule has 0 aliphatic carbocycles. The number of Topliss-reactive ketones (excluding diaryl/α,β-unsaturated/α-hetero) is 1. The molecule has 2 aromatic carbocycles. The zero-order chi connectivity index (χ0) is 17.3. The van der Waals surface area contributed by atoms with Crippen LogP contribution in [0.15, 0.2) is 36.4 Å². The minimum absolute atomic E-state index is 0.0651. The highest BCUT2D eigenvalue weighted by atomic mass is 19.1.